The smallest absolute Gasteiger partial charge is 0.220 e. The van der Waals surface area contributed by atoms with E-state index >= 15 is 0 Å². The minimum absolute atomic E-state index is 0.0278. The zero-order valence-corrected chi connectivity index (χ0v) is 17.8. The molecule has 0 atom stereocenters. The Labute approximate surface area is 180 Å². The first kappa shape index (κ1) is 20.1. The van der Waals surface area contributed by atoms with Gasteiger partial charge in [0.05, 0.1) is 5.69 Å². The molecule has 2 heterocycles. The Balaban J connectivity index is 1.49. The minimum atomic E-state index is 0.0278. The van der Waals surface area contributed by atoms with Crippen LogP contribution in [-0.4, -0.2) is 20.5 Å². The Morgan fingerprint density at radius 1 is 1.07 bits per heavy atom. The van der Waals surface area contributed by atoms with Gasteiger partial charge in [0.2, 0.25) is 5.91 Å². The summed E-state index contributed by atoms with van der Waals surface area (Å²) in [4.78, 5) is 17.0. The van der Waals surface area contributed by atoms with Gasteiger partial charge in [-0.05, 0) is 43.5 Å². The number of carbonyl (C=O) groups is 1. The number of benzene rings is 2. The fourth-order valence-corrected chi connectivity index (χ4v) is 3.70. The van der Waals surface area contributed by atoms with Crippen molar-refractivity contribution in [2.45, 2.75) is 33.2 Å². The molecular formula is C24H23ClN4O. The Hall–Kier alpha value is -3.18. The maximum Gasteiger partial charge on any atom is 0.220 e. The third-order valence-corrected chi connectivity index (χ3v) is 5.49. The number of nitrogens with zero attached hydrogens (tertiary/aromatic N) is 3. The Kier molecular flexibility index (Phi) is 5.81. The summed E-state index contributed by atoms with van der Waals surface area (Å²) in [7, 11) is 0. The molecule has 0 bridgehead atoms. The van der Waals surface area contributed by atoms with Gasteiger partial charge < -0.3 is 5.32 Å². The van der Waals surface area contributed by atoms with Gasteiger partial charge in [-0.3, -0.25) is 4.79 Å². The lowest BCUT2D eigenvalue weighted by Gasteiger charge is -2.11. The molecular weight excluding hydrogens is 396 g/mol. The highest BCUT2D eigenvalue weighted by Crippen LogP contribution is 2.24. The van der Waals surface area contributed by atoms with Crippen molar-refractivity contribution in [3.63, 3.8) is 0 Å². The van der Waals surface area contributed by atoms with E-state index in [1.165, 1.54) is 0 Å². The van der Waals surface area contributed by atoms with E-state index < -0.39 is 0 Å². The van der Waals surface area contributed by atoms with E-state index in [4.69, 9.17) is 21.7 Å². The van der Waals surface area contributed by atoms with E-state index in [9.17, 15) is 4.79 Å². The Bertz CT molecular complexity index is 1180. The van der Waals surface area contributed by atoms with Crippen LogP contribution in [0.2, 0.25) is 5.02 Å². The van der Waals surface area contributed by atoms with Crippen LogP contribution in [-0.2, 0) is 17.8 Å². The lowest BCUT2D eigenvalue weighted by atomic mass is 10.1. The average Bonchev–Trinajstić information content (AvgIpc) is 3.17. The van der Waals surface area contributed by atoms with Crippen molar-refractivity contribution in [2.24, 2.45) is 0 Å². The van der Waals surface area contributed by atoms with Crippen molar-refractivity contribution >= 4 is 23.2 Å². The predicted octanol–water partition coefficient (Wildman–Crippen LogP) is 4.92. The molecule has 0 unspecified atom stereocenters. The van der Waals surface area contributed by atoms with Crippen LogP contribution >= 0.6 is 11.6 Å². The van der Waals surface area contributed by atoms with Gasteiger partial charge in [-0.15, -0.1) is 0 Å². The molecule has 0 fully saturated rings. The topological polar surface area (TPSA) is 59.3 Å². The molecule has 0 radical (unpaired) electrons. The molecule has 4 rings (SSSR count). The van der Waals surface area contributed by atoms with Crippen LogP contribution in [0.25, 0.3) is 16.9 Å². The predicted molar refractivity (Wildman–Crippen MR) is 120 cm³/mol. The number of hydrogen-bond acceptors (Lipinski definition) is 3. The quantitative estimate of drug-likeness (QED) is 0.483. The van der Waals surface area contributed by atoms with Crippen molar-refractivity contribution in [1.82, 2.24) is 19.9 Å². The molecule has 30 heavy (non-hydrogen) atoms. The number of halogens is 1. The second-order valence-electron chi connectivity index (χ2n) is 7.33. The van der Waals surface area contributed by atoms with Gasteiger partial charge in [0.15, 0.2) is 5.65 Å². The number of aromatic nitrogens is 3. The van der Waals surface area contributed by atoms with E-state index in [1.54, 1.807) is 0 Å². The van der Waals surface area contributed by atoms with Crippen LogP contribution in [0, 0.1) is 13.8 Å². The van der Waals surface area contributed by atoms with Crippen molar-refractivity contribution in [2.75, 3.05) is 0 Å². The normalized spacial score (nSPS) is 11.0. The molecule has 5 nitrogen and oxygen atoms in total. The van der Waals surface area contributed by atoms with Crippen LogP contribution in [0.1, 0.15) is 28.9 Å². The first-order valence-corrected chi connectivity index (χ1v) is 10.3. The monoisotopic (exact) mass is 418 g/mol. The molecule has 0 aliphatic carbocycles. The maximum absolute atomic E-state index is 12.3. The molecule has 1 N–H and O–H groups in total. The molecule has 2 aromatic heterocycles. The summed E-state index contributed by atoms with van der Waals surface area (Å²) in [6.45, 7) is 4.55. The highest BCUT2D eigenvalue weighted by molar-refractivity contribution is 6.30. The first-order chi connectivity index (χ1) is 14.5. The van der Waals surface area contributed by atoms with Crippen LogP contribution < -0.4 is 5.32 Å². The van der Waals surface area contributed by atoms with Gasteiger partial charge in [0, 0.05) is 41.0 Å². The molecule has 4 aromatic rings. The third kappa shape index (κ3) is 4.36. The van der Waals surface area contributed by atoms with Crippen molar-refractivity contribution in [1.29, 1.82) is 0 Å². The number of nitrogens with one attached hydrogen (secondary N) is 1. The van der Waals surface area contributed by atoms with E-state index in [1.807, 2.05) is 79.0 Å². The zero-order valence-electron chi connectivity index (χ0n) is 17.0. The van der Waals surface area contributed by atoms with Gasteiger partial charge >= 0.3 is 0 Å². The third-order valence-electron chi connectivity index (χ3n) is 5.24. The van der Waals surface area contributed by atoms with Crippen LogP contribution in [0.15, 0.2) is 60.7 Å². The molecule has 0 spiro atoms. The summed E-state index contributed by atoms with van der Waals surface area (Å²) >= 11 is 5.99. The van der Waals surface area contributed by atoms with Crippen molar-refractivity contribution < 1.29 is 4.79 Å². The van der Waals surface area contributed by atoms with Gasteiger partial charge in [-0.2, -0.15) is 5.10 Å². The van der Waals surface area contributed by atoms with E-state index in [0.29, 0.717) is 24.4 Å². The Morgan fingerprint density at radius 2 is 1.80 bits per heavy atom. The van der Waals surface area contributed by atoms with Crippen LogP contribution in [0.4, 0.5) is 0 Å². The van der Waals surface area contributed by atoms with E-state index in [-0.39, 0.29) is 5.91 Å². The average molecular weight is 419 g/mol. The standard InChI is InChI=1S/C24H23ClN4O/c1-16-21(12-13-24(30)26-15-18-6-4-3-5-7-18)17(2)29-23(27-16)14-22(28-29)19-8-10-20(25)11-9-19/h3-11,14H,12-13,15H2,1-2H3,(H,26,30). The summed E-state index contributed by atoms with van der Waals surface area (Å²) < 4.78 is 1.86. The number of carbonyl (C=O) groups excluding carboxylic acids is 1. The SMILES string of the molecule is Cc1nc2cc(-c3ccc(Cl)cc3)nn2c(C)c1CCC(=O)NCc1ccccc1. The molecule has 1 amide bonds. The van der Waals surface area contributed by atoms with Gasteiger partial charge in [0.25, 0.3) is 0 Å². The van der Waals surface area contributed by atoms with Gasteiger partial charge in [-0.1, -0.05) is 54.1 Å². The number of aryl methyl sites for hydroxylation is 2. The molecule has 0 saturated carbocycles. The van der Waals surface area contributed by atoms with Crippen LogP contribution in [0.5, 0.6) is 0 Å². The molecule has 6 heteroatoms. The second kappa shape index (κ2) is 8.67. The highest BCUT2D eigenvalue weighted by Gasteiger charge is 2.14. The Morgan fingerprint density at radius 3 is 2.53 bits per heavy atom. The summed E-state index contributed by atoms with van der Waals surface area (Å²) in [5, 5.41) is 8.41. The van der Waals surface area contributed by atoms with Crippen molar-refractivity contribution in [3.8, 4) is 11.3 Å². The van der Waals surface area contributed by atoms with E-state index in [0.717, 1.165) is 39.4 Å². The molecule has 0 aliphatic heterocycles. The second-order valence-corrected chi connectivity index (χ2v) is 7.77. The minimum Gasteiger partial charge on any atom is -0.352 e. The first-order valence-electron chi connectivity index (χ1n) is 9.93. The fraction of sp³-hybridized carbons (Fsp3) is 0.208. The number of amides is 1. The maximum atomic E-state index is 12.3. The molecule has 0 saturated heterocycles. The zero-order chi connectivity index (χ0) is 21.1. The molecule has 0 aliphatic rings. The van der Waals surface area contributed by atoms with Gasteiger partial charge in [-0.25, -0.2) is 9.50 Å². The largest absolute Gasteiger partial charge is 0.352 e. The summed E-state index contributed by atoms with van der Waals surface area (Å²) in [5.41, 5.74) is 6.72. The lowest BCUT2D eigenvalue weighted by Crippen LogP contribution is -2.23. The fourth-order valence-electron chi connectivity index (χ4n) is 3.57. The van der Waals surface area contributed by atoms with Crippen LogP contribution in [0.3, 0.4) is 0 Å². The van der Waals surface area contributed by atoms with Crippen molar-refractivity contribution in [3.05, 3.63) is 88.2 Å². The highest BCUT2D eigenvalue weighted by atomic mass is 35.5. The summed E-state index contributed by atoms with van der Waals surface area (Å²) in [5.74, 6) is 0.0278. The summed E-state index contributed by atoms with van der Waals surface area (Å²) in [6, 6.07) is 19.5. The summed E-state index contributed by atoms with van der Waals surface area (Å²) in [6.07, 6.45) is 1.03. The number of fused-ring (bicyclic) bond motifs is 1. The van der Waals surface area contributed by atoms with E-state index in [2.05, 4.69) is 5.32 Å². The number of hydrogen-bond donors (Lipinski definition) is 1. The molecule has 152 valence electrons. The number of rotatable bonds is 6. The molecule has 2 aromatic carbocycles. The lowest BCUT2D eigenvalue weighted by molar-refractivity contribution is -0.121. The van der Waals surface area contributed by atoms with Gasteiger partial charge in [0.1, 0.15) is 0 Å².